The van der Waals surface area contributed by atoms with Crippen LogP contribution in [0.1, 0.15) is 44.6 Å². The fourth-order valence-electron chi connectivity index (χ4n) is 2.27. The first-order chi connectivity index (χ1) is 10.5. The fraction of sp³-hybridized carbons (Fsp3) is 0.529. The Kier molecular flexibility index (Phi) is 5.55. The maximum Gasteiger partial charge on any atom is 0.313 e. The summed E-state index contributed by atoms with van der Waals surface area (Å²) < 4.78 is 0. The van der Waals surface area contributed by atoms with Crippen molar-refractivity contribution in [2.75, 3.05) is 11.9 Å². The maximum absolute atomic E-state index is 11.8. The van der Waals surface area contributed by atoms with Crippen molar-refractivity contribution < 1.29 is 14.7 Å². The van der Waals surface area contributed by atoms with E-state index in [4.69, 9.17) is 0 Å². The number of carbonyl (C=O) groups is 2. The van der Waals surface area contributed by atoms with Gasteiger partial charge in [-0.3, -0.25) is 9.59 Å². The molecule has 0 aliphatic heterocycles. The SMILES string of the molecule is CC(C)c1ccc(NC(=O)C(=O)NCCC(O)C2CC2)cc1. The predicted octanol–water partition coefficient (Wildman–Crippen LogP) is 2.03. The van der Waals surface area contributed by atoms with Gasteiger partial charge in [0.1, 0.15) is 0 Å². The van der Waals surface area contributed by atoms with E-state index in [-0.39, 0.29) is 6.10 Å². The molecular weight excluding hydrogens is 280 g/mol. The highest BCUT2D eigenvalue weighted by molar-refractivity contribution is 6.39. The quantitative estimate of drug-likeness (QED) is 0.704. The van der Waals surface area contributed by atoms with Gasteiger partial charge in [0.2, 0.25) is 0 Å². The lowest BCUT2D eigenvalue weighted by molar-refractivity contribution is -0.136. The van der Waals surface area contributed by atoms with Crippen molar-refractivity contribution >= 4 is 17.5 Å². The number of anilines is 1. The molecule has 2 rings (SSSR count). The van der Waals surface area contributed by atoms with Crippen molar-refractivity contribution in [1.82, 2.24) is 5.32 Å². The first-order valence-corrected chi connectivity index (χ1v) is 7.84. The Balaban J connectivity index is 1.74. The molecule has 1 aromatic carbocycles. The Morgan fingerprint density at radius 2 is 1.82 bits per heavy atom. The van der Waals surface area contributed by atoms with E-state index < -0.39 is 11.8 Å². The van der Waals surface area contributed by atoms with Gasteiger partial charge in [-0.15, -0.1) is 0 Å². The minimum atomic E-state index is -0.682. The monoisotopic (exact) mass is 304 g/mol. The average Bonchev–Trinajstić information content (AvgIpc) is 3.32. The smallest absolute Gasteiger partial charge is 0.313 e. The normalized spacial score (nSPS) is 15.5. The molecular formula is C17H24N2O3. The van der Waals surface area contributed by atoms with Crippen LogP contribution in [0.3, 0.4) is 0 Å². The summed E-state index contributed by atoms with van der Waals surface area (Å²) in [4.78, 5) is 23.5. The summed E-state index contributed by atoms with van der Waals surface area (Å²) in [7, 11) is 0. The molecule has 3 N–H and O–H groups in total. The topological polar surface area (TPSA) is 78.4 Å². The van der Waals surface area contributed by atoms with E-state index in [9.17, 15) is 14.7 Å². The van der Waals surface area contributed by atoms with Crippen LogP contribution in [0, 0.1) is 5.92 Å². The largest absolute Gasteiger partial charge is 0.393 e. The molecule has 0 saturated heterocycles. The van der Waals surface area contributed by atoms with Crippen LogP contribution in [0.5, 0.6) is 0 Å². The maximum atomic E-state index is 11.8. The van der Waals surface area contributed by atoms with Crippen LogP contribution in [-0.2, 0) is 9.59 Å². The third kappa shape index (κ3) is 4.84. The third-order valence-corrected chi connectivity index (χ3v) is 3.93. The van der Waals surface area contributed by atoms with E-state index in [0.717, 1.165) is 12.8 Å². The van der Waals surface area contributed by atoms with Crippen molar-refractivity contribution in [3.63, 3.8) is 0 Å². The molecule has 0 spiro atoms. The summed E-state index contributed by atoms with van der Waals surface area (Å²) >= 11 is 0. The number of hydrogen-bond acceptors (Lipinski definition) is 3. The molecule has 1 atom stereocenters. The molecule has 5 nitrogen and oxygen atoms in total. The van der Waals surface area contributed by atoms with Crippen molar-refractivity contribution in [3.05, 3.63) is 29.8 Å². The number of nitrogens with one attached hydrogen (secondary N) is 2. The van der Waals surface area contributed by atoms with E-state index in [0.29, 0.717) is 30.5 Å². The zero-order valence-electron chi connectivity index (χ0n) is 13.1. The van der Waals surface area contributed by atoms with E-state index in [2.05, 4.69) is 24.5 Å². The van der Waals surface area contributed by atoms with Gasteiger partial charge in [0, 0.05) is 12.2 Å². The van der Waals surface area contributed by atoms with Gasteiger partial charge in [-0.25, -0.2) is 0 Å². The van der Waals surface area contributed by atoms with E-state index in [1.54, 1.807) is 12.1 Å². The Morgan fingerprint density at radius 3 is 2.36 bits per heavy atom. The van der Waals surface area contributed by atoms with Crippen molar-refractivity contribution in [2.24, 2.45) is 5.92 Å². The first kappa shape index (κ1) is 16.5. The van der Waals surface area contributed by atoms with E-state index >= 15 is 0 Å². The van der Waals surface area contributed by atoms with Gasteiger partial charge < -0.3 is 15.7 Å². The Bertz CT molecular complexity index is 521. The minimum Gasteiger partial charge on any atom is -0.393 e. The second-order valence-electron chi connectivity index (χ2n) is 6.18. The zero-order chi connectivity index (χ0) is 16.1. The van der Waals surface area contributed by atoms with Gasteiger partial charge in [0.15, 0.2) is 0 Å². The Hall–Kier alpha value is -1.88. The van der Waals surface area contributed by atoms with E-state index in [1.807, 2.05) is 12.1 Å². The predicted molar refractivity (Wildman–Crippen MR) is 85.5 cm³/mol. The summed E-state index contributed by atoms with van der Waals surface area (Å²) in [6.45, 7) is 4.50. The number of aliphatic hydroxyl groups is 1. The minimum absolute atomic E-state index is 0.316. The molecule has 0 heterocycles. The van der Waals surface area contributed by atoms with Crippen molar-refractivity contribution in [3.8, 4) is 0 Å². The molecule has 1 aromatic rings. The number of hydrogen-bond donors (Lipinski definition) is 3. The highest BCUT2D eigenvalue weighted by Gasteiger charge is 2.29. The number of aliphatic hydroxyl groups excluding tert-OH is 1. The molecule has 120 valence electrons. The lowest BCUT2D eigenvalue weighted by atomic mass is 10.0. The average molecular weight is 304 g/mol. The molecule has 2 amide bonds. The van der Waals surface area contributed by atoms with Crippen molar-refractivity contribution in [1.29, 1.82) is 0 Å². The third-order valence-electron chi connectivity index (χ3n) is 3.93. The standard InChI is InChI=1S/C17H24N2O3/c1-11(2)12-5-7-14(8-6-12)19-17(22)16(21)18-10-9-15(20)13-3-4-13/h5-8,11,13,15,20H,3-4,9-10H2,1-2H3,(H,18,21)(H,19,22). The second kappa shape index (κ2) is 7.40. The van der Waals surface area contributed by atoms with Gasteiger partial charge in [0.05, 0.1) is 6.10 Å². The van der Waals surface area contributed by atoms with Gasteiger partial charge in [-0.05, 0) is 48.8 Å². The Morgan fingerprint density at radius 1 is 1.18 bits per heavy atom. The molecule has 1 saturated carbocycles. The van der Waals surface area contributed by atoms with Gasteiger partial charge in [-0.2, -0.15) is 0 Å². The summed E-state index contributed by atoms with van der Waals surface area (Å²) in [5.41, 5.74) is 1.78. The number of benzene rings is 1. The highest BCUT2D eigenvalue weighted by atomic mass is 16.3. The molecule has 1 aliphatic carbocycles. The lowest BCUT2D eigenvalue weighted by Crippen LogP contribution is -2.37. The van der Waals surface area contributed by atoms with Crippen molar-refractivity contribution in [2.45, 2.75) is 45.1 Å². The first-order valence-electron chi connectivity index (χ1n) is 7.84. The summed E-state index contributed by atoms with van der Waals surface area (Å²) in [6.07, 6.45) is 2.24. The van der Waals surface area contributed by atoms with E-state index in [1.165, 1.54) is 5.56 Å². The summed E-state index contributed by atoms with van der Waals surface area (Å²) in [5, 5.41) is 14.8. The van der Waals surface area contributed by atoms with Crippen LogP contribution in [0.15, 0.2) is 24.3 Å². The molecule has 1 unspecified atom stereocenters. The lowest BCUT2D eigenvalue weighted by Gasteiger charge is -2.10. The van der Waals surface area contributed by atoms with Crippen LogP contribution in [0.2, 0.25) is 0 Å². The van der Waals surface area contributed by atoms with Gasteiger partial charge >= 0.3 is 11.8 Å². The number of amides is 2. The van der Waals surface area contributed by atoms with Gasteiger partial charge in [0.25, 0.3) is 0 Å². The second-order valence-corrected chi connectivity index (χ2v) is 6.18. The highest BCUT2D eigenvalue weighted by Crippen LogP contribution is 2.33. The number of carbonyl (C=O) groups excluding carboxylic acids is 2. The van der Waals surface area contributed by atoms with Gasteiger partial charge in [-0.1, -0.05) is 26.0 Å². The van der Waals surface area contributed by atoms with Crippen LogP contribution in [0.25, 0.3) is 0 Å². The van der Waals surface area contributed by atoms with Crippen LogP contribution < -0.4 is 10.6 Å². The molecule has 0 bridgehead atoms. The summed E-state index contributed by atoms with van der Waals surface area (Å²) in [5.74, 6) is -0.551. The fourth-order valence-corrected chi connectivity index (χ4v) is 2.27. The molecule has 1 aliphatic rings. The Labute approximate surface area is 131 Å². The zero-order valence-corrected chi connectivity index (χ0v) is 13.1. The molecule has 0 radical (unpaired) electrons. The molecule has 5 heteroatoms. The summed E-state index contributed by atoms with van der Waals surface area (Å²) in [6, 6.07) is 7.45. The van der Waals surface area contributed by atoms with Crippen LogP contribution >= 0.6 is 0 Å². The molecule has 1 fully saturated rings. The molecule has 0 aromatic heterocycles. The van der Waals surface area contributed by atoms with Crippen LogP contribution in [-0.4, -0.2) is 29.6 Å². The molecule has 22 heavy (non-hydrogen) atoms. The number of rotatable bonds is 6. The van der Waals surface area contributed by atoms with Crippen LogP contribution in [0.4, 0.5) is 5.69 Å².